The van der Waals surface area contributed by atoms with Crippen LogP contribution in [0.25, 0.3) is 0 Å². The molecular formula is C19H21N3O6S. The van der Waals surface area contributed by atoms with Gasteiger partial charge in [0.25, 0.3) is 5.91 Å². The molecule has 1 aliphatic heterocycles. The van der Waals surface area contributed by atoms with E-state index in [-0.39, 0.29) is 37.0 Å². The molecule has 1 amide bonds. The lowest BCUT2D eigenvalue weighted by atomic mass is 10.3. The Hall–Kier alpha value is -2.98. The van der Waals surface area contributed by atoms with E-state index in [0.29, 0.717) is 11.3 Å². The first-order valence-electron chi connectivity index (χ1n) is 8.91. The average molecular weight is 419 g/mol. The van der Waals surface area contributed by atoms with Crippen LogP contribution in [0, 0.1) is 0 Å². The van der Waals surface area contributed by atoms with Crippen LogP contribution in [0.1, 0.15) is 10.4 Å². The van der Waals surface area contributed by atoms with E-state index in [1.807, 2.05) is 0 Å². The molecule has 154 valence electrons. The van der Waals surface area contributed by atoms with Crippen LogP contribution < -0.4 is 4.74 Å². The number of rotatable bonds is 6. The first kappa shape index (κ1) is 20.7. The van der Waals surface area contributed by atoms with Crippen molar-refractivity contribution in [3.63, 3.8) is 0 Å². The first-order chi connectivity index (χ1) is 13.9. The second kappa shape index (κ2) is 9.01. The molecule has 1 aromatic heterocycles. The highest BCUT2D eigenvalue weighted by Gasteiger charge is 2.30. The van der Waals surface area contributed by atoms with Gasteiger partial charge in [-0.2, -0.15) is 4.31 Å². The van der Waals surface area contributed by atoms with Crippen molar-refractivity contribution < 1.29 is 27.5 Å². The molecule has 29 heavy (non-hydrogen) atoms. The number of carbonyl (C=O) groups is 2. The molecule has 9 nitrogen and oxygen atoms in total. The summed E-state index contributed by atoms with van der Waals surface area (Å²) >= 11 is 0. The van der Waals surface area contributed by atoms with E-state index in [9.17, 15) is 18.0 Å². The van der Waals surface area contributed by atoms with Gasteiger partial charge in [-0.25, -0.2) is 13.2 Å². The van der Waals surface area contributed by atoms with E-state index in [2.05, 4.69) is 4.98 Å². The summed E-state index contributed by atoms with van der Waals surface area (Å²) in [6, 6.07) is 9.15. The molecule has 0 unspecified atom stereocenters. The maximum atomic E-state index is 12.7. The molecule has 0 saturated carbocycles. The number of piperazine rings is 1. The number of aromatic nitrogens is 1. The monoisotopic (exact) mass is 419 g/mol. The number of pyridine rings is 1. The van der Waals surface area contributed by atoms with Gasteiger partial charge in [0.15, 0.2) is 6.61 Å². The van der Waals surface area contributed by atoms with Crippen molar-refractivity contribution in [3.05, 3.63) is 54.4 Å². The van der Waals surface area contributed by atoms with E-state index in [0.717, 1.165) is 0 Å². The van der Waals surface area contributed by atoms with Gasteiger partial charge in [0.1, 0.15) is 5.75 Å². The molecule has 3 rings (SSSR count). The Labute approximate surface area is 168 Å². The van der Waals surface area contributed by atoms with Crippen molar-refractivity contribution in [1.29, 1.82) is 0 Å². The predicted octanol–water partition coefficient (Wildman–Crippen LogP) is 0.780. The standard InChI is InChI=1S/C19H21N3O6S/c1-27-16-2-4-17(5-3-16)29(25,26)22-12-10-21(11-13-22)18(23)14-28-19(24)15-6-8-20-9-7-15/h2-9H,10-14H2,1H3. The summed E-state index contributed by atoms with van der Waals surface area (Å²) < 4.78 is 36.9. The Morgan fingerprint density at radius 3 is 2.21 bits per heavy atom. The summed E-state index contributed by atoms with van der Waals surface area (Å²) in [5, 5.41) is 0. The van der Waals surface area contributed by atoms with Gasteiger partial charge in [0.2, 0.25) is 10.0 Å². The Bertz CT molecular complexity index is 955. The second-order valence-electron chi connectivity index (χ2n) is 6.27. The first-order valence-corrected chi connectivity index (χ1v) is 10.3. The topological polar surface area (TPSA) is 106 Å². The third-order valence-corrected chi connectivity index (χ3v) is 6.44. The molecule has 0 aliphatic carbocycles. The highest BCUT2D eigenvalue weighted by molar-refractivity contribution is 7.89. The van der Waals surface area contributed by atoms with Gasteiger partial charge in [-0.05, 0) is 36.4 Å². The number of ether oxygens (including phenoxy) is 2. The highest BCUT2D eigenvalue weighted by Crippen LogP contribution is 2.20. The average Bonchev–Trinajstić information content (AvgIpc) is 2.78. The number of hydrogen-bond acceptors (Lipinski definition) is 7. The Kier molecular flexibility index (Phi) is 6.45. The van der Waals surface area contributed by atoms with Crippen LogP contribution in [-0.2, 0) is 19.6 Å². The van der Waals surface area contributed by atoms with Crippen LogP contribution in [0.2, 0.25) is 0 Å². The zero-order valence-electron chi connectivity index (χ0n) is 15.9. The zero-order chi connectivity index (χ0) is 20.9. The van der Waals surface area contributed by atoms with Crippen molar-refractivity contribution in [2.24, 2.45) is 0 Å². The number of sulfonamides is 1. The normalized spacial score (nSPS) is 15.0. The van der Waals surface area contributed by atoms with Crippen LogP contribution in [-0.4, -0.2) is 74.4 Å². The minimum atomic E-state index is -3.65. The summed E-state index contributed by atoms with van der Waals surface area (Å²) in [5.74, 6) is -0.406. The number of hydrogen-bond donors (Lipinski definition) is 0. The molecular weight excluding hydrogens is 398 g/mol. The number of carbonyl (C=O) groups excluding carboxylic acids is 2. The van der Waals surface area contributed by atoms with Gasteiger partial charge < -0.3 is 14.4 Å². The molecule has 1 saturated heterocycles. The van der Waals surface area contributed by atoms with E-state index in [1.165, 1.54) is 53.0 Å². The molecule has 0 N–H and O–H groups in total. The second-order valence-corrected chi connectivity index (χ2v) is 8.21. The molecule has 0 bridgehead atoms. The fourth-order valence-corrected chi connectivity index (χ4v) is 4.29. The fraction of sp³-hybridized carbons (Fsp3) is 0.316. The van der Waals surface area contributed by atoms with E-state index >= 15 is 0 Å². The molecule has 0 spiro atoms. The van der Waals surface area contributed by atoms with Crippen molar-refractivity contribution >= 4 is 21.9 Å². The fourth-order valence-electron chi connectivity index (χ4n) is 2.86. The number of methoxy groups -OCH3 is 1. The van der Waals surface area contributed by atoms with Crippen LogP contribution in [0.5, 0.6) is 5.75 Å². The number of esters is 1. The van der Waals surface area contributed by atoms with Crippen LogP contribution >= 0.6 is 0 Å². The number of benzene rings is 1. The minimum Gasteiger partial charge on any atom is -0.497 e. The summed E-state index contributed by atoms with van der Waals surface area (Å²) in [6.07, 6.45) is 2.92. The van der Waals surface area contributed by atoms with Crippen LogP contribution in [0.4, 0.5) is 0 Å². The summed E-state index contributed by atoms with van der Waals surface area (Å²) in [5.41, 5.74) is 0.309. The minimum absolute atomic E-state index is 0.165. The molecule has 2 heterocycles. The largest absolute Gasteiger partial charge is 0.497 e. The van der Waals surface area contributed by atoms with Crippen molar-refractivity contribution in [2.45, 2.75) is 4.90 Å². The van der Waals surface area contributed by atoms with Crippen molar-refractivity contribution in [1.82, 2.24) is 14.2 Å². The molecule has 10 heteroatoms. The van der Waals surface area contributed by atoms with Gasteiger partial charge >= 0.3 is 5.97 Å². The number of amides is 1. The van der Waals surface area contributed by atoms with E-state index in [4.69, 9.17) is 9.47 Å². The lowest BCUT2D eigenvalue weighted by Gasteiger charge is -2.33. The zero-order valence-corrected chi connectivity index (χ0v) is 16.7. The maximum absolute atomic E-state index is 12.7. The molecule has 1 aromatic carbocycles. The Morgan fingerprint density at radius 2 is 1.62 bits per heavy atom. The molecule has 1 aliphatic rings. The maximum Gasteiger partial charge on any atom is 0.338 e. The predicted molar refractivity (Wildman–Crippen MR) is 103 cm³/mol. The summed E-state index contributed by atoms with van der Waals surface area (Å²) in [7, 11) is -2.14. The smallest absolute Gasteiger partial charge is 0.338 e. The van der Waals surface area contributed by atoms with Gasteiger partial charge in [-0.15, -0.1) is 0 Å². The summed E-state index contributed by atoms with van der Waals surface area (Å²) in [4.78, 5) is 29.7. The van der Waals surface area contributed by atoms with E-state index < -0.39 is 22.6 Å². The summed E-state index contributed by atoms with van der Waals surface area (Å²) in [6.45, 7) is 0.380. The van der Waals surface area contributed by atoms with Gasteiger partial charge in [0.05, 0.1) is 17.6 Å². The SMILES string of the molecule is COc1ccc(S(=O)(=O)N2CCN(C(=O)COC(=O)c3ccncc3)CC2)cc1. The third kappa shape index (κ3) is 4.90. The number of nitrogens with zero attached hydrogens (tertiary/aromatic N) is 3. The Balaban J connectivity index is 1.52. The van der Waals surface area contributed by atoms with Crippen LogP contribution in [0.3, 0.4) is 0 Å². The van der Waals surface area contributed by atoms with E-state index in [1.54, 1.807) is 12.1 Å². The van der Waals surface area contributed by atoms with Gasteiger partial charge in [-0.3, -0.25) is 9.78 Å². The van der Waals surface area contributed by atoms with Gasteiger partial charge in [-0.1, -0.05) is 0 Å². The third-order valence-electron chi connectivity index (χ3n) is 4.53. The van der Waals surface area contributed by atoms with Crippen molar-refractivity contribution in [2.75, 3.05) is 39.9 Å². The molecule has 0 radical (unpaired) electrons. The van der Waals surface area contributed by atoms with Gasteiger partial charge in [0, 0.05) is 38.6 Å². The molecule has 1 fully saturated rings. The lowest BCUT2D eigenvalue weighted by Crippen LogP contribution is -2.51. The molecule has 2 aromatic rings. The van der Waals surface area contributed by atoms with Crippen LogP contribution in [0.15, 0.2) is 53.7 Å². The quantitative estimate of drug-likeness (QED) is 0.637. The lowest BCUT2D eigenvalue weighted by molar-refractivity contribution is -0.135. The Morgan fingerprint density at radius 1 is 1.00 bits per heavy atom. The molecule has 0 atom stereocenters. The highest BCUT2D eigenvalue weighted by atomic mass is 32.2. The van der Waals surface area contributed by atoms with Crippen molar-refractivity contribution in [3.8, 4) is 5.75 Å².